The number of halogens is 1. The van der Waals surface area contributed by atoms with Crippen LogP contribution in [0.4, 0.5) is 10.1 Å². The van der Waals surface area contributed by atoms with Crippen LogP contribution < -0.4 is 5.32 Å². The van der Waals surface area contributed by atoms with Gasteiger partial charge in [-0.1, -0.05) is 18.6 Å². The summed E-state index contributed by atoms with van der Waals surface area (Å²) in [4.78, 5) is 12.4. The highest BCUT2D eigenvalue weighted by molar-refractivity contribution is 7.89. The van der Waals surface area contributed by atoms with Crippen LogP contribution in [0.2, 0.25) is 0 Å². The highest BCUT2D eigenvalue weighted by Crippen LogP contribution is 2.21. The van der Waals surface area contributed by atoms with Gasteiger partial charge in [0, 0.05) is 18.7 Å². The van der Waals surface area contributed by atoms with Gasteiger partial charge in [-0.2, -0.15) is 4.31 Å². The topological polar surface area (TPSA) is 66.5 Å². The quantitative estimate of drug-likeness (QED) is 0.786. The molecule has 7 heteroatoms. The fourth-order valence-electron chi connectivity index (χ4n) is 2.95. The molecule has 0 atom stereocenters. The number of piperidine rings is 1. The van der Waals surface area contributed by atoms with Crippen LogP contribution in [0, 0.1) is 5.82 Å². The maximum atomic E-state index is 13.6. The number of ketones is 1. The van der Waals surface area contributed by atoms with Crippen LogP contribution >= 0.6 is 0 Å². The number of hydrogen-bond donors (Lipinski definition) is 1. The maximum absolute atomic E-state index is 13.6. The minimum atomic E-state index is -3.51. The van der Waals surface area contributed by atoms with Gasteiger partial charge in [0.2, 0.25) is 10.0 Å². The van der Waals surface area contributed by atoms with Crippen LogP contribution in [0.25, 0.3) is 0 Å². The Morgan fingerprint density at radius 1 is 1.00 bits per heavy atom. The number of rotatable bonds is 6. The Morgan fingerprint density at radius 2 is 1.65 bits per heavy atom. The van der Waals surface area contributed by atoms with Gasteiger partial charge < -0.3 is 5.32 Å². The van der Waals surface area contributed by atoms with Crippen LogP contribution in [0.15, 0.2) is 53.4 Å². The summed E-state index contributed by atoms with van der Waals surface area (Å²) in [7, 11) is -3.51. The van der Waals surface area contributed by atoms with Crippen LogP contribution in [-0.2, 0) is 10.0 Å². The molecule has 3 rings (SSSR count). The molecule has 2 aromatic rings. The molecule has 1 saturated heterocycles. The summed E-state index contributed by atoms with van der Waals surface area (Å²) in [6, 6.07) is 12.0. The zero-order valence-corrected chi connectivity index (χ0v) is 15.1. The molecule has 1 aliphatic heterocycles. The number of benzene rings is 2. The highest BCUT2D eigenvalue weighted by atomic mass is 32.2. The molecule has 1 aliphatic rings. The second-order valence-corrected chi connectivity index (χ2v) is 8.18. The average molecular weight is 376 g/mol. The number of carbonyl (C=O) groups excluding carboxylic acids is 1. The van der Waals surface area contributed by atoms with Crippen LogP contribution in [0.5, 0.6) is 0 Å². The first-order valence-electron chi connectivity index (χ1n) is 8.60. The van der Waals surface area contributed by atoms with Gasteiger partial charge in [-0.15, -0.1) is 0 Å². The molecule has 1 heterocycles. The first-order valence-corrected chi connectivity index (χ1v) is 10.0. The lowest BCUT2D eigenvalue weighted by Gasteiger charge is -2.25. The third-order valence-corrected chi connectivity index (χ3v) is 6.36. The molecule has 0 radical (unpaired) electrons. The molecule has 26 heavy (non-hydrogen) atoms. The molecule has 138 valence electrons. The van der Waals surface area contributed by atoms with Gasteiger partial charge in [-0.25, -0.2) is 12.8 Å². The van der Waals surface area contributed by atoms with E-state index in [2.05, 4.69) is 5.32 Å². The van der Waals surface area contributed by atoms with Crippen molar-refractivity contribution in [3.63, 3.8) is 0 Å². The van der Waals surface area contributed by atoms with E-state index < -0.39 is 15.8 Å². The summed E-state index contributed by atoms with van der Waals surface area (Å²) in [5.74, 6) is -0.668. The Morgan fingerprint density at radius 3 is 2.31 bits per heavy atom. The molecule has 0 saturated carbocycles. The van der Waals surface area contributed by atoms with Gasteiger partial charge in [-0.05, 0) is 49.2 Å². The molecular weight excluding hydrogens is 355 g/mol. The van der Waals surface area contributed by atoms with E-state index in [1.165, 1.54) is 34.6 Å². The number of anilines is 1. The van der Waals surface area contributed by atoms with Crippen molar-refractivity contribution >= 4 is 21.5 Å². The van der Waals surface area contributed by atoms with Crippen molar-refractivity contribution in [1.82, 2.24) is 4.31 Å². The van der Waals surface area contributed by atoms with E-state index in [1.807, 2.05) is 0 Å². The van der Waals surface area contributed by atoms with Gasteiger partial charge >= 0.3 is 0 Å². The SMILES string of the molecule is O=C(CNc1ccccc1F)c1ccc(S(=O)(=O)N2CCCCC2)cc1. The van der Waals surface area contributed by atoms with E-state index in [4.69, 9.17) is 0 Å². The van der Waals surface area contributed by atoms with Crippen LogP contribution in [0.3, 0.4) is 0 Å². The summed E-state index contributed by atoms with van der Waals surface area (Å²) in [6.07, 6.45) is 2.80. The number of nitrogens with one attached hydrogen (secondary N) is 1. The Kier molecular flexibility index (Phi) is 5.68. The lowest BCUT2D eigenvalue weighted by molar-refractivity contribution is 0.101. The molecule has 0 bridgehead atoms. The molecule has 2 aromatic carbocycles. The van der Waals surface area contributed by atoms with Crippen molar-refractivity contribution in [1.29, 1.82) is 0 Å². The van der Waals surface area contributed by atoms with E-state index in [0.717, 1.165) is 19.3 Å². The minimum Gasteiger partial charge on any atom is -0.375 e. The van der Waals surface area contributed by atoms with E-state index in [9.17, 15) is 17.6 Å². The number of carbonyl (C=O) groups is 1. The Labute approximate surface area is 152 Å². The average Bonchev–Trinajstić information content (AvgIpc) is 2.68. The monoisotopic (exact) mass is 376 g/mol. The Bertz CT molecular complexity index is 876. The first kappa shape index (κ1) is 18.5. The summed E-state index contributed by atoms with van der Waals surface area (Å²) in [6.45, 7) is 1.00. The van der Waals surface area contributed by atoms with Gasteiger partial charge in [0.15, 0.2) is 5.78 Å². The van der Waals surface area contributed by atoms with E-state index >= 15 is 0 Å². The molecule has 0 spiro atoms. The van der Waals surface area contributed by atoms with Gasteiger partial charge in [0.1, 0.15) is 5.82 Å². The summed E-state index contributed by atoms with van der Waals surface area (Å²) < 4.78 is 40.3. The smallest absolute Gasteiger partial charge is 0.243 e. The Hall–Kier alpha value is -2.25. The lowest BCUT2D eigenvalue weighted by Crippen LogP contribution is -2.35. The van der Waals surface area contributed by atoms with Crippen molar-refractivity contribution in [2.75, 3.05) is 25.0 Å². The summed E-state index contributed by atoms with van der Waals surface area (Å²) in [5, 5.41) is 2.76. The van der Waals surface area contributed by atoms with E-state index in [0.29, 0.717) is 18.7 Å². The fraction of sp³-hybridized carbons (Fsp3) is 0.316. The molecule has 0 aromatic heterocycles. The van der Waals surface area contributed by atoms with Gasteiger partial charge in [0.05, 0.1) is 17.1 Å². The number of nitrogens with zero attached hydrogens (tertiary/aromatic N) is 1. The predicted octanol–water partition coefficient (Wildman–Crippen LogP) is 3.30. The molecule has 0 unspecified atom stereocenters. The molecule has 1 fully saturated rings. The van der Waals surface area contributed by atoms with Crippen LogP contribution in [-0.4, -0.2) is 38.1 Å². The second-order valence-electron chi connectivity index (χ2n) is 6.25. The zero-order chi connectivity index (χ0) is 18.6. The lowest BCUT2D eigenvalue weighted by atomic mass is 10.1. The highest BCUT2D eigenvalue weighted by Gasteiger charge is 2.25. The summed E-state index contributed by atoms with van der Waals surface area (Å²) in [5.41, 5.74) is 0.636. The largest absolute Gasteiger partial charge is 0.375 e. The normalized spacial score (nSPS) is 15.6. The van der Waals surface area contributed by atoms with Crippen molar-refractivity contribution < 1.29 is 17.6 Å². The minimum absolute atomic E-state index is 0.0703. The zero-order valence-electron chi connectivity index (χ0n) is 14.3. The second kappa shape index (κ2) is 7.97. The van der Waals surface area contributed by atoms with E-state index in [1.54, 1.807) is 18.2 Å². The molecule has 5 nitrogen and oxygen atoms in total. The van der Waals surface area contributed by atoms with Crippen molar-refractivity contribution in [2.24, 2.45) is 0 Å². The van der Waals surface area contributed by atoms with Crippen molar-refractivity contribution in [3.8, 4) is 0 Å². The molecule has 1 N–H and O–H groups in total. The third kappa shape index (κ3) is 4.11. The maximum Gasteiger partial charge on any atom is 0.243 e. The van der Waals surface area contributed by atoms with Gasteiger partial charge in [-0.3, -0.25) is 4.79 Å². The molecular formula is C19H21FN2O3S. The first-order chi connectivity index (χ1) is 12.5. The van der Waals surface area contributed by atoms with E-state index in [-0.39, 0.29) is 22.9 Å². The van der Waals surface area contributed by atoms with Gasteiger partial charge in [0.25, 0.3) is 0 Å². The number of para-hydroxylation sites is 1. The standard InChI is InChI=1S/C19H21FN2O3S/c20-17-6-2-3-7-18(17)21-14-19(23)15-8-10-16(11-9-15)26(24,25)22-12-4-1-5-13-22/h2-3,6-11,21H,1,4-5,12-14H2. The number of Topliss-reactive ketones (excluding diaryl/α,β-unsaturated/α-hetero) is 1. The summed E-state index contributed by atoms with van der Waals surface area (Å²) >= 11 is 0. The number of sulfonamides is 1. The third-order valence-electron chi connectivity index (χ3n) is 4.44. The predicted molar refractivity (Wildman–Crippen MR) is 98.3 cm³/mol. The fourth-order valence-corrected chi connectivity index (χ4v) is 4.47. The molecule has 0 aliphatic carbocycles. The number of hydrogen-bond acceptors (Lipinski definition) is 4. The van der Waals surface area contributed by atoms with Crippen LogP contribution in [0.1, 0.15) is 29.6 Å². The Balaban J connectivity index is 1.67. The molecule has 0 amide bonds. The van der Waals surface area contributed by atoms with Crippen molar-refractivity contribution in [2.45, 2.75) is 24.2 Å². The van der Waals surface area contributed by atoms with Crippen molar-refractivity contribution in [3.05, 3.63) is 59.9 Å².